The summed E-state index contributed by atoms with van der Waals surface area (Å²) in [6.07, 6.45) is 9.53. The van der Waals surface area contributed by atoms with E-state index < -0.39 is 0 Å². The highest BCUT2D eigenvalue weighted by atomic mass is 15.3. The van der Waals surface area contributed by atoms with E-state index in [1.54, 1.807) is 0 Å². The molecule has 2 saturated carbocycles. The lowest BCUT2D eigenvalue weighted by Gasteiger charge is -2.47. The summed E-state index contributed by atoms with van der Waals surface area (Å²) in [4.78, 5) is 2.78. The maximum absolute atomic E-state index is 6.14. The summed E-state index contributed by atoms with van der Waals surface area (Å²) in [6, 6.07) is 0.872. The van der Waals surface area contributed by atoms with Crippen LogP contribution >= 0.6 is 0 Å². The molecule has 0 amide bonds. The van der Waals surface area contributed by atoms with Gasteiger partial charge in [-0.1, -0.05) is 13.8 Å². The molecular formula is C14H28N2. The van der Waals surface area contributed by atoms with Crippen LogP contribution in [0.25, 0.3) is 0 Å². The quantitative estimate of drug-likeness (QED) is 0.778. The van der Waals surface area contributed by atoms with Crippen LogP contribution in [-0.2, 0) is 0 Å². The van der Waals surface area contributed by atoms with Crippen molar-refractivity contribution in [2.24, 2.45) is 11.7 Å². The third-order valence-electron chi connectivity index (χ3n) is 4.65. The molecule has 2 aliphatic carbocycles. The Labute approximate surface area is 101 Å². The molecule has 16 heavy (non-hydrogen) atoms. The van der Waals surface area contributed by atoms with Crippen molar-refractivity contribution in [1.82, 2.24) is 4.90 Å². The smallest absolute Gasteiger partial charge is 0.0334 e. The van der Waals surface area contributed by atoms with Gasteiger partial charge < -0.3 is 5.73 Å². The van der Waals surface area contributed by atoms with Gasteiger partial charge >= 0.3 is 0 Å². The van der Waals surface area contributed by atoms with Crippen molar-refractivity contribution in [3.8, 4) is 0 Å². The predicted octanol–water partition coefficient (Wildman–Crippen LogP) is 2.77. The first-order valence-electron chi connectivity index (χ1n) is 7.18. The zero-order valence-electron chi connectivity index (χ0n) is 11.0. The van der Waals surface area contributed by atoms with Gasteiger partial charge in [0.15, 0.2) is 0 Å². The molecule has 0 bridgehead atoms. The van der Waals surface area contributed by atoms with Gasteiger partial charge in [-0.3, -0.25) is 4.90 Å². The highest BCUT2D eigenvalue weighted by Crippen LogP contribution is 2.41. The molecule has 0 atom stereocenters. The Morgan fingerprint density at radius 3 is 2.25 bits per heavy atom. The van der Waals surface area contributed by atoms with Crippen molar-refractivity contribution >= 4 is 0 Å². The van der Waals surface area contributed by atoms with Gasteiger partial charge in [-0.05, 0) is 57.4 Å². The van der Waals surface area contributed by atoms with Crippen LogP contribution in [0.5, 0.6) is 0 Å². The van der Waals surface area contributed by atoms with Gasteiger partial charge in [0.2, 0.25) is 0 Å². The van der Waals surface area contributed by atoms with Crippen molar-refractivity contribution in [3.63, 3.8) is 0 Å². The van der Waals surface area contributed by atoms with Crippen molar-refractivity contribution in [3.05, 3.63) is 0 Å². The van der Waals surface area contributed by atoms with Crippen molar-refractivity contribution in [2.75, 3.05) is 13.1 Å². The Morgan fingerprint density at radius 2 is 1.81 bits per heavy atom. The minimum Gasteiger partial charge on any atom is -0.329 e. The van der Waals surface area contributed by atoms with Gasteiger partial charge in [0.25, 0.3) is 0 Å². The van der Waals surface area contributed by atoms with E-state index >= 15 is 0 Å². The fourth-order valence-corrected chi connectivity index (χ4v) is 3.34. The maximum atomic E-state index is 6.14. The fourth-order valence-electron chi connectivity index (χ4n) is 3.34. The number of nitrogens with zero attached hydrogens (tertiary/aromatic N) is 1. The number of rotatable bonds is 5. The molecule has 2 nitrogen and oxygen atoms in total. The average Bonchev–Trinajstić information content (AvgIpc) is 3.12. The summed E-state index contributed by atoms with van der Waals surface area (Å²) in [5.41, 5.74) is 6.50. The van der Waals surface area contributed by atoms with Gasteiger partial charge in [0.1, 0.15) is 0 Å². The van der Waals surface area contributed by atoms with Crippen LogP contribution in [0, 0.1) is 5.92 Å². The second kappa shape index (κ2) is 5.05. The molecule has 0 heterocycles. The summed E-state index contributed by atoms with van der Waals surface area (Å²) in [6.45, 7) is 6.82. The third-order valence-corrected chi connectivity index (χ3v) is 4.65. The van der Waals surface area contributed by atoms with Gasteiger partial charge in [-0.15, -0.1) is 0 Å². The average molecular weight is 224 g/mol. The molecule has 2 N–H and O–H groups in total. The van der Waals surface area contributed by atoms with Crippen LogP contribution in [0.1, 0.15) is 58.8 Å². The lowest BCUT2D eigenvalue weighted by atomic mass is 9.75. The molecule has 0 aromatic carbocycles. The van der Waals surface area contributed by atoms with E-state index in [-0.39, 0.29) is 0 Å². The van der Waals surface area contributed by atoms with Crippen LogP contribution < -0.4 is 5.73 Å². The molecule has 2 fully saturated rings. The molecular weight excluding hydrogens is 196 g/mol. The SMILES string of the molecule is CCCN(C1CC1)C1(CN)CCC(C)CC1. The van der Waals surface area contributed by atoms with Gasteiger partial charge in [-0.25, -0.2) is 0 Å². The second-order valence-electron chi connectivity index (χ2n) is 6.04. The first-order chi connectivity index (χ1) is 7.72. The number of nitrogens with two attached hydrogens (primary N) is 1. The van der Waals surface area contributed by atoms with E-state index in [0.29, 0.717) is 5.54 Å². The fraction of sp³-hybridized carbons (Fsp3) is 1.00. The molecule has 0 radical (unpaired) electrons. The molecule has 0 spiro atoms. The minimum atomic E-state index is 0.365. The van der Waals surface area contributed by atoms with E-state index in [0.717, 1.165) is 18.5 Å². The molecule has 0 aromatic heterocycles. The Bertz CT molecular complexity index is 215. The van der Waals surface area contributed by atoms with Crippen LogP contribution in [-0.4, -0.2) is 29.6 Å². The van der Waals surface area contributed by atoms with E-state index in [4.69, 9.17) is 5.73 Å². The van der Waals surface area contributed by atoms with E-state index in [1.807, 2.05) is 0 Å². The summed E-state index contributed by atoms with van der Waals surface area (Å²) < 4.78 is 0. The topological polar surface area (TPSA) is 29.3 Å². The van der Waals surface area contributed by atoms with Crippen LogP contribution in [0.4, 0.5) is 0 Å². The van der Waals surface area contributed by atoms with Crippen LogP contribution in [0.2, 0.25) is 0 Å². The minimum absolute atomic E-state index is 0.365. The van der Waals surface area contributed by atoms with Crippen LogP contribution in [0.3, 0.4) is 0 Å². The number of hydrogen-bond donors (Lipinski definition) is 1. The Kier molecular flexibility index (Phi) is 3.91. The van der Waals surface area contributed by atoms with E-state index in [9.17, 15) is 0 Å². The Morgan fingerprint density at radius 1 is 1.19 bits per heavy atom. The van der Waals surface area contributed by atoms with Gasteiger partial charge in [0.05, 0.1) is 0 Å². The normalized spacial score (nSPS) is 35.6. The molecule has 2 aliphatic rings. The molecule has 0 aliphatic heterocycles. The highest BCUT2D eigenvalue weighted by Gasteiger charge is 2.44. The summed E-state index contributed by atoms with van der Waals surface area (Å²) in [5, 5.41) is 0. The first kappa shape index (κ1) is 12.4. The first-order valence-corrected chi connectivity index (χ1v) is 7.18. The van der Waals surface area contributed by atoms with Gasteiger partial charge in [0, 0.05) is 18.1 Å². The molecule has 2 heteroatoms. The van der Waals surface area contributed by atoms with Crippen molar-refractivity contribution < 1.29 is 0 Å². The third kappa shape index (κ3) is 2.43. The number of hydrogen-bond acceptors (Lipinski definition) is 2. The lowest BCUT2D eigenvalue weighted by molar-refractivity contribution is 0.0374. The van der Waals surface area contributed by atoms with Crippen molar-refractivity contribution in [2.45, 2.75) is 70.4 Å². The maximum Gasteiger partial charge on any atom is 0.0334 e. The summed E-state index contributed by atoms with van der Waals surface area (Å²) in [7, 11) is 0. The largest absolute Gasteiger partial charge is 0.329 e. The lowest BCUT2D eigenvalue weighted by Crippen LogP contribution is -2.56. The molecule has 0 unspecified atom stereocenters. The standard InChI is InChI=1S/C14H28N2/c1-3-10-16(13-4-5-13)14(11-15)8-6-12(2)7-9-14/h12-13H,3-11,15H2,1-2H3. The summed E-state index contributed by atoms with van der Waals surface area (Å²) >= 11 is 0. The second-order valence-corrected chi connectivity index (χ2v) is 6.04. The monoisotopic (exact) mass is 224 g/mol. The molecule has 2 rings (SSSR count). The summed E-state index contributed by atoms with van der Waals surface area (Å²) in [5.74, 6) is 0.919. The molecule has 0 aromatic rings. The zero-order chi connectivity index (χ0) is 11.6. The van der Waals surface area contributed by atoms with Crippen LogP contribution in [0.15, 0.2) is 0 Å². The Hall–Kier alpha value is -0.0800. The predicted molar refractivity (Wildman–Crippen MR) is 69.4 cm³/mol. The van der Waals surface area contributed by atoms with Gasteiger partial charge in [-0.2, -0.15) is 0 Å². The van der Waals surface area contributed by atoms with Crippen molar-refractivity contribution in [1.29, 1.82) is 0 Å². The van der Waals surface area contributed by atoms with E-state index in [2.05, 4.69) is 18.7 Å². The molecule has 0 saturated heterocycles. The highest BCUT2D eigenvalue weighted by molar-refractivity contribution is 5.01. The molecule has 94 valence electrons. The Balaban J connectivity index is 2.05. The zero-order valence-corrected chi connectivity index (χ0v) is 11.0. The van der Waals surface area contributed by atoms with E-state index in [1.165, 1.54) is 51.5 Å².